The van der Waals surface area contributed by atoms with Gasteiger partial charge in [-0.2, -0.15) is 5.10 Å². The summed E-state index contributed by atoms with van der Waals surface area (Å²) in [6, 6.07) is 2.11. The molecule has 4 rings (SSSR count). The Labute approximate surface area is 164 Å². The first-order valence-corrected chi connectivity index (χ1v) is 9.78. The van der Waals surface area contributed by atoms with Crippen molar-refractivity contribution in [2.24, 2.45) is 0 Å². The van der Waals surface area contributed by atoms with Gasteiger partial charge in [0.25, 0.3) is 0 Å². The average Bonchev–Trinajstić information content (AvgIpc) is 3.45. The Bertz CT molecular complexity index is 1060. The number of esters is 1. The standard InChI is InChI=1S/C22H24N4O2/c1-4-26-22-18(13-24-26)20(16-10-14(3)11-23-12-16)17(8-9-19(27)28-5-2)21(25-22)15-6-7-15/h8-13,15H,4-7H2,1-3H3. The zero-order chi connectivity index (χ0) is 19.7. The Hall–Kier alpha value is -3.02. The van der Waals surface area contributed by atoms with Crippen LogP contribution in [0.4, 0.5) is 0 Å². The number of aromatic nitrogens is 4. The topological polar surface area (TPSA) is 69.9 Å². The fourth-order valence-corrected chi connectivity index (χ4v) is 3.53. The van der Waals surface area contributed by atoms with E-state index in [4.69, 9.17) is 9.72 Å². The summed E-state index contributed by atoms with van der Waals surface area (Å²) in [4.78, 5) is 21.3. The van der Waals surface area contributed by atoms with Gasteiger partial charge in [-0.25, -0.2) is 14.5 Å². The molecule has 0 N–H and O–H groups in total. The predicted octanol–water partition coefficient (Wildman–Crippen LogP) is 4.28. The number of pyridine rings is 2. The van der Waals surface area contributed by atoms with Crippen molar-refractivity contribution in [3.63, 3.8) is 0 Å². The van der Waals surface area contributed by atoms with Crippen molar-refractivity contribution in [2.75, 3.05) is 6.61 Å². The zero-order valence-corrected chi connectivity index (χ0v) is 16.5. The maximum atomic E-state index is 12.0. The summed E-state index contributed by atoms with van der Waals surface area (Å²) < 4.78 is 7.00. The highest BCUT2D eigenvalue weighted by atomic mass is 16.5. The normalized spacial score (nSPS) is 14.1. The molecule has 0 amide bonds. The lowest BCUT2D eigenvalue weighted by Gasteiger charge is -2.14. The van der Waals surface area contributed by atoms with Gasteiger partial charge >= 0.3 is 5.97 Å². The summed E-state index contributed by atoms with van der Waals surface area (Å²) in [6.07, 6.45) is 11.1. The van der Waals surface area contributed by atoms with Crippen LogP contribution in [0.3, 0.4) is 0 Å². The molecule has 0 aromatic carbocycles. The number of fused-ring (bicyclic) bond motifs is 1. The Morgan fingerprint density at radius 1 is 1.29 bits per heavy atom. The average molecular weight is 376 g/mol. The van der Waals surface area contributed by atoms with Crippen molar-refractivity contribution in [3.8, 4) is 11.1 Å². The largest absolute Gasteiger partial charge is 0.463 e. The van der Waals surface area contributed by atoms with E-state index in [2.05, 4.69) is 23.1 Å². The Morgan fingerprint density at radius 3 is 2.79 bits per heavy atom. The number of hydrogen-bond acceptors (Lipinski definition) is 5. The molecule has 0 unspecified atom stereocenters. The minimum atomic E-state index is -0.345. The monoisotopic (exact) mass is 376 g/mol. The van der Waals surface area contributed by atoms with Crippen molar-refractivity contribution in [2.45, 2.75) is 46.1 Å². The molecule has 1 aliphatic carbocycles. The molecule has 3 aromatic heterocycles. The first kappa shape index (κ1) is 18.3. The maximum absolute atomic E-state index is 12.0. The second kappa shape index (κ2) is 7.54. The second-order valence-corrected chi connectivity index (χ2v) is 7.09. The lowest BCUT2D eigenvalue weighted by Crippen LogP contribution is -2.03. The van der Waals surface area contributed by atoms with E-state index in [9.17, 15) is 4.79 Å². The van der Waals surface area contributed by atoms with Gasteiger partial charge in [-0.3, -0.25) is 4.98 Å². The van der Waals surface area contributed by atoms with Gasteiger partial charge in [0, 0.05) is 53.0 Å². The number of aryl methyl sites for hydroxylation is 2. The highest BCUT2D eigenvalue weighted by Crippen LogP contribution is 2.45. The van der Waals surface area contributed by atoms with Crippen molar-refractivity contribution < 1.29 is 9.53 Å². The molecule has 1 saturated carbocycles. The quantitative estimate of drug-likeness (QED) is 0.474. The molecule has 0 saturated heterocycles. The molecular weight excluding hydrogens is 352 g/mol. The van der Waals surface area contributed by atoms with E-state index >= 15 is 0 Å². The molecule has 3 heterocycles. The molecule has 3 aromatic rings. The van der Waals surface area contributed by atoms with Gasteiger partial charge in [0.1, 0.15) is 0 Å². The Kier molecular flexibility index (Phi) is 4.94. The van der Waals surface area contributed by atoms with Crippen molar-refractivity contribution in [3.05, 3.63) is 47.6 Å². The predicted molar refractivity (Wildman–Crippen MR) is 109 cm³/mol. The molecular formula is C22H24N4O2. The van der Waals surface area contributed by atoms with Crippen molar-refractivity contribution in [1.29, 1.82) is 0 Å². The maximum Gasteiger partial charge on any atom is 0.330 e. The van der Waals surface area contributed by atoms with Gasteiger partial charge in [0.05, 0.1) is 18.5 Å². The highest BCUT2D eigenvalue weighted by Gasteiger charge is 2.30. The summed E-state index contributed by atoms with van der Waals surface area (Å²) in [6.45, 7) is 7.00. The molecule has 0 radical (unpaired) electrons. The molecule has 0 spiro atoms. The lowest BCUT2D eigenvalue weighted by atomic mass is 9.94. The summed E-state index contributed by atoms with van der Waals surface area (Å²) in [5.41, 5.74) is 6.00. The van der Waals surface area contributed by atoms with E-state index in [0.717, 1.165) is 58.4 Å². The van der Waals surface area contributed by atoms with Crippen molar-refractivity contribution >= 4 is 23.1 Å². The summed E-state index contributed by atoms with van der Waals surface area (Å²) in [7, 11) is 0. The van der Waals surface area contributed by atoms with Crippen LogP contribution >= 0.6 is 0 Å². The van der Waals surface area contributed by atoms with Crippen LogP contribution in [0.5, 0.6) is 0 Å². The van der Waals surface area contributed by atoms with Gasteiger partial charge < -0.3 is 4.74 Å². The minimum absolute atomic E-state index is 0.345. The number of hydrogen-bond donors (Lipinski definition) is 0. The van der Waals surface area contributed by atoms with Gasteiger partial charge in [0.2, 0.25) is 0 Å². The summed E-state index contributed by atoms with van der Waals surface area (Å²) in [5, 5.41) is 5.50. The van der Waals surface area contributed by atoms with E-state index in [-0.39, 0.29) is 5.97 Å². The third-order valence-corrected chi connectivity index (χ3v) is 4.95. The highest BCUT2D eigenvalue weighted by molar-refractivity contribution is 5.99. The molecule has 6 heteroatoms. The molecule has 0 bridgehead atoms. The summed E-state index contributed by atoms with van der Waals surface area (Å²) in [5.74, 6) is 0.0740. The third kappa shape index (κ3) is 3.42. The van der Waals surface area contributed by atoms with E-state index in [0.29, 0.717) is 12.5 Å². The van der Waals surface area contributed by atoms with E-state index in [1.807, 2.05) is 36.3 Å². The lowest BCUT2D eigenvalue weighted by molar-refractivity contribution is -0.137. The minimum Gasteiger partial charge on any atom is -0.463 e. The fourth-order valence-electron chi connectivity index (χ4n) is 3.53. The number of carbonyl (C=O) groups is 1. The van der Waals surface area contributed by atoms with E-state index in [1.54, 1.807) is 6.92 Å². The van der Waals surface area contributed by atoms with Crippen LogP contribution in [0.2, 0.25) is 0 Å². The summed E-state index contributed by atoms with van der Waals surface area (Å²) >= 11 is 0. The molecule has 0 aliphatic heterocycles. The molecule has 1 aliphatic rings. The van der Waals surface area contributed by atoms with Gasteiger partial charge in [0.15, 0.2) is 5.65 Å². The molecule has 28 heavy (non-hydrogen) atoms. The third-order valence-electron chi connectivity index (χ3n) is 4.95. The van der Waals surface area contributed by atoms with Crippen LogP contribution in [-0.4, -0.2) is 32.3 Å². The zero-order valence-electron chi connectivity index (χ0n) is 16.5. The van der Waals surface area contributed by atoms with Crippen molar-refractivity contribution in [1.82, 2.24) is 19.7 Å². The molecule has 1 fully saturated rings. The first-order chi connectivity index (χ1) is 13.6. The van der Waals surface area contributed by atoms with Crippen LogP contribution in [0.15, 0.2) is 30.7 Å². The van der Waals surface area contributed by atoms with Crippen LogP contribution in [0.1, 0.15) is 49.4 Å². The van der Waals surface area contributed by atoms with Crippen LogP contribution in [-0.2, 0) is 16.1 Å². The van der Waals surface area contributed by atoms with Gasteiger partial charge in [-0.05, 0) is 51.3 Å². The fraction of sp³-hybridized carbons (Fsp3) is 0.364. The SMILES string of the molecule is CCOC(=O)C=Cc1c(C2CC2)nc2c(cnn2CC)c1-c1cncc(C)c1. The number of carbonyl (C=O) groups excluding carboxylic acids is 1. The Balaban J connectivity index is 2.00. The first-order valence-electron chi connectivity index (χ1n) is 9.78. The number of nitrogens with zero attached hydrogens (tertiary/aromatic N) is 4. The smallest absolute Gasteiger partial charge is 0.330 e. The van der Waals surface area contributed by atoms with Crippen LogP contribution in [0.25, 0.3) is 28.2 Å². The van der Waals surface area contributed by atoms with Crippen LogP contribution in [0, 0.1) is 6.92 Å². The second-order valence-electron chi connectivity index (χ2n) is 7.09. The van der Waals surface area contributed by atoms with Crippen LogP contribution < -0.4 is 0 Å². The number of ether oxygens (including phenoxy) is 1. The van der Waals surface area contributed by atoms with Gasteiger partial charge in [-0.15, -0.1) is 0 Å². The molecule has 0 atom stereocenters. The van der Waals surface area contributed by atoms with E-state index < -0.39 is 0 Å². The van der Waals surface area contributed by atoms with E-state index in [1.165, 1.54) is 6.08 Å². The number of rotatable bonds is 6. The van der Waals surface area contributed by atoms with Gasteiger partial charge in [-0.1, -0.05) is 0 Å². The molecule has 144 valence electrons. The Morgan fingerprint density at radius 2 is 2.11 bits per heavy atom. The molecule has 6 nitrogen and oxygen atoms in total.